The highest BCUT2D eigenvalue weighted by atomic mass is 15.2. The molecule has 464 valence electrons. The van der Waals surface area contributed by atoms with Crippen molar-refractivity contribution in [1.82, 2.24) is 0 Å². The van der Waals surface area contributed by atoms with Gasteiger partial charge in [0.15, 0.2) is 0 Å². The minimum atomic E-state index is -0.180. The van der Waals surface area contributed by atoms with Crippen molar-refractivity contribution in [3.63, 3.8) is 0 Å². The normalized spacial score (nSPS) is 13.6. The van der Waals surface area contributed by atoms with Crippen LogP contribution >= 0.6 is 0 Å². The molecule has 0 unspecified atom stereocenters. The number of para-hydroxylation sites is 2. The van der Waals surface area contributed by atoms with Gasteiger partial charge in [-0.05, 0) is 211 Å². The molecule has 0 atom stereocenters. The zero-order valence-corrected chi connectivity index (χ0v) is 56.3. The lowest BCUT2D eigenvalue weighted by atomic mass is 9.33. The van der Waals surface area contributed by atoms with Crippen molar-refractivity contribution in [2.24, 2.45) is 0 Å². The van der Waals surface area contributed by atoms with Crippen LogP contribution < -0.4 is 31.1 Å². The quantitative estimate of drug-likeness (QED) is 0.105. The molecule has 4 heteroatoms. The Hall–Kier alpha value is -11.2. The van der Waals surface area contributed by atoms with Crippen LogP contribution in [0.4, 0.5) is 51.2 Å². The molecule has 0 amide bonds. The molecule has 0 bridgehead atoms. The molecule has 15 aromatic carbocycles. The van der Waals surface area contributed by atoms with Crippen molar-refractivity contribution in [3.05, 3.63) is 326 Å². The van der Waals surface area contributed by atoms with E-state index in [4.69, 9.17) is 0 Å². The summed E-state index contributed by atoms with van der Waals surface area (Å²) in [6, 6.07) is 116. The van der Waals surface area contributed by atoms with Crippen LogP contribution in [-0.2, 0) is 16.2 Å². The van der Waals surface area contributed by atoms with Crippen LogP contribution in [0.1, 0.15) is 77.6 Å². The number of rotatable bonds is 9. The molecule has 3 nitrogen and oxygen atoms in total. The number of nitrogens with zero attached hydrogens (tertiary/aromatic N) is 3. The highest BCUT2D eigenvalue weighted by molar-refractivity contribution is 7.00. The third kappa shape index (κ3) is 9.32. The van der Waals surface area contributed by atoms with E-state index in [1.807, 2.05) is 0 Å². The second-order valence-electron chi connectivity index (χ2n) is 29.7. The summed E-state index contributed by atoms with van der Waals surface area (Å²) in [6.45, 7) is 18.7. The predicted octanol–water partition coefficient (Wildman–Crippen LogP) is 23.7. The van der Waals surface area contributed by atoms with Crippen LogP contribution in [0.2, 0.25) is 0 Å². The van der Waals surface area contributed by atoms with Gasteiger partial charge in [-0.2, -0.15) is 0 Å². The molecular formula is C93H74BN3. The number of anilines is 9. The van der Waals surface area contributed by atoms with E-state index in [-0.39, 0.29) is 23.0 Å². The third-order valence-electron chi connectivity index (χ3n) is 21.4. The summed E-state index contributed by atoms with van der Waals surface area (Å²) in [5, 5.41) is 7.68. The van der Waals surface area contributed by atoms with Crippen molar-refractivity contribution < 1.29 is 0 Å². The lowest BCUT2D eigenvalue weighted by Crippen LogP contribution is -2.61. The summed E-state index contributed by atoms with van der Waals surface area (Å²) in [4.78, 5) is 7.80. The molecule has 2 aliphatic heterocycles. The first kappa shape index (κ1) is 58.4. The predicted molar refractivity (Wildman–Crippen MR) is 416 cm³/mol. The Balaban J connectivity index is 0.955. The summed E-state index contributed by atoms with van der Waals surface area (Å²) in [5.41, 5.74) is 30.7. The van der Waals surface area contributed by atoms with Gasteiger partial charge in [-0.25, -0.2) is 0 Å². The van der Waals surface area contributed by atoms with Crippen molar-refractivity contribution in [3.8, 4) is 55.6 Å². The largest absolute Gasteiger partial charge is 0.311 e. The van der Waals surface area contributed by atoms with E-state index in [0.717, 1.165) is 62.2 Å². The highest BCUT2D eigenvalue weighted by Crippen LogP contribution is 2.55. The molecule has 15 aromatic rings. The fraction of sp³-hybridized carbons (Fsp3) is 0.118. The van der Waals surface area contributed by atoms with Gasteiger partial charge in [0, 0.05) is 56.4 Å². The van der Waals surface area contributed by atoms with Crippen molar-refractivity contribution in [1.29, 1.82) is 0 Å². The molecule has 0 saturated heterocycles. The average Bonchev–Trinajstić information content (AvgIpc) is 1.29. The van der Waals surface area contributed by atoms with Gasteiger partial charge in [-0.3, -0.25) is 0 Å². The summed E-state index contributed by atoms with van der Waals surface area (Å²) < 4.78 is 0. The van der Waals surface area contributed by atoms with Gasteiger partial charge in [0.2, 0.25) is 0 Å². The van der Waals surface area contributed by atoms with Crippen molar-refractivity contribution >= 4 is 107 Å². The van der Waals surface area contributed by atoms with Crippen LogP contribution in [-0.4, -0.2) is 6.71 Å². The SMILES string of the molecule is CC(C)(C)c1ccc2c(c1)B1c3ccc(N(c4ccccc4)c4ccc5c(c4)-c4ccccc4C5(C)C)cc3N(c3ccccc3-c3ccccc3)c3cc(-c4ccccc4-c4ccccc4)cc(c31)N2c1ccc(C(C)(C)C)cc1-c1cc2ccc3cccc4ccc(c1)c2c34. The van der Waals surface area contributed by atoms with Gasteiger partial charge in [0.1, 0.15) is 0 Å². The van der Waals surface area contributed by atoms with E-state index < -0.39 is 0 Å². The first-order valence-corrected chi connectivity index (χ1v) is 34.4. The second-order valence-corrected chi connectivity index (χ2v) is 29.7. The monoisotopic (exact) mass is 1240 g/mol. The Morgan fingerprint density at radius 1 is 0.289 bits per heavy atom. The minimum Gasteiger partial charge on any atom is -0.311 e. The Morgan fingerprint density at radius 3 is 1.43 bits per heavy atom. The Morgan fingerprint density at radius 2 is 0.773 bits per heavy atom. The van der Waals surface area contributed by atoms with E-state index in [2.05, 4.69) is 373 Å². The van der Waals surface area contributed by atoms with Crippen molar-refractivity contribution in [2.45, 2.75) is 71.6 Å². The van der Waals surface area contributed by atoms with Crippen molar-refractivity contribution in [2.75, 3.05) is 14.7 Å². The standard InChI is InChI=1S/C93H74BN3/c1-91(2,3)67-43-49-83(76(55-67)65-51-63-41-39-61-29-24-30-62-40-42-64(52-65)89(63)88(61)62)96-84-50-44-68(92(4,5)6)56-81(84)94-80-48-46-71(95(69-31-16-11-17-32-69)70-45-47-79-77(57-70)75-36-20-22-37-78(75)93(79,7)8)58-85(80)97(82-38-23-21-35-74(82)60-27-14-10-15-28-60)87-54-66(53-86(96)90(87)94)73-34-19-18-33-72(73)59-25-12-9-13-26-59/h9-58H,1-8H3. The molecule has 0 fully saturated rings. The second kappa shape index (κ2) is 21.9. The summed E-state index contributed by atoms with van der Waals surface area (Å²) in [5.74, 6) is 0. The van der Waals surface area contributed by atoms with Crippen LogP contribution in [0.3, 0.4) is 0 Å². The molecule has 0 spiro atoms. The maximum absolute atomic E-state index is 2.67. The van der Waals surface area contributed by atoms with Crippen LogP contribution in [0.15, 0.2) is 303 Å². The molecule has 0 N–H and O–H groups in total. The number of hydrogen-bond donors (Lipinski definition) is 0. The third-order valence-corrected chi connectivity index (χ3v) is 21.4. The summed E-state index contributed by atoms with van der Waals surface area (Å²) in [7, 11) is 0. The lowest BCUT2D eigenvalue weighted by molar-refractivity contribution is 0.590. The molecule has 0 aromatic heterocycles. The minimum absolute atomic E-state index is 0.131. The summed E-state index contributed by atoms with van der Waals surface area (Å²) in [6.07, 6.45) is 0. The summed E-state index contributed by atoms with van der Waals surface area (Å²) >= 11 is 0. The van der Waals surface area contributed by atoms with Crippen LogP contribution in [0.25, 0.3) is 88.0 Å². The molecule has 2 heterocycles. The molecule has 1 aliphatic carbocycles. The zero-order chi connectivity index (χ0) is 65.6. The first-order valence-electron chi connectivity index (χ1n) is 34.4. The Bertz CT molecular complexity index is 5590. The van der Waals surface area contributed by atoms with E-state index in [1.165, 1.54) is 116 Å². The zero-order valence-electron chi connectivity index (χ0n) is 56.3. The maximum Gasteiger partial charge on any atom is 0.252 e. The van der Waals surface area contributed by atoms with E-state index in [9.17, 15) is 0 Å². The number of benzene rings is 15. The molecule has 18 rings (SSSR count). The molecule has 97 heavy (non-hydrogen) atoms. The van der Waals surface area contributed by atoms with Crippen LogP contribution in [0.5, 0.6) is 0 Å². The van der Waals surface area contributed by atoms with Gasteiger partial charge in [-0.15, -0.1) is 0 Å². The molecular weight excluding hydrogens is 1170 g/mol. The van der Waals surface area contributed by atoms with Gasteiger partial charge in [0.25, 0.3) is 6.71 Å². The van der Waals surface area contributed by atoms with E-state index in [1.54, 1.807) is 0 Å². The molecule has 0 radical (unpaired) electrons. The Labute approximate surface area is 570 Å². The highest BCUT2D eigenvalue weighted by Gasteiger charge is 2.46. The topological polar surface area (TPSA) is 9.72 Å². The Kier molecular flexibility index (Phi) is 13.2. The van der Waals surface area contributed by atoms with Gasteiger partial charge >= 0.3 is 0 Å². The number of hydrogen-bond acceptors (Lipinski definition) is 3. The smallest absolute Gasteiger partial charge is 0.252 e. The van der Waals surface area contributed by atoms with Gasteiger partial charge < -0.3 is 14.7 Å². The lowest BCUT2D eigenvalue weighted by Gasteiger charge is -2.46. The fourth-order valence-corrected chi connectivity index (χ4v) is 16.6. The van der Waals surface area contributed by atoms with Gasteiger partial charge in [0.05, 0.1) is 11.4 Å². The van der Waals surface area contributed by atoms with E-state index >= 15 is 0 Å². The molecule has 0 saturated carbocycles. The van der Waals surface area contributed by atoms with Gasteiger partial charge in [-0.1, -0.05) is 274 Å². The fourth-order valence-electron chi connectivity index (χ4n) is 16.6. The van der Waals surface area contributed by atoms with E-state index in [0.29, 0.717) is 0 Å². The van der Waals surface area contributed by atoms with Crippen LogP contribution in [0, 0.1) is 0 Å². The first-order chi connectivity index (χ1) is 47.1. The molecule has 3 aliphatic rings. The maximum atomic E-state index is 2.67. The number of fused-ring (bicyclic) bond motifs is 7. The average molecular weight is 1240 g/mol.